The molecule has 1 saturated carbocycles. The second-order valence-electron chi connectivity index (χ2n) is 24.2. The van der Waals surface area contributed by atoms with E-state index in [9.17, 15) is 147 Å². The molecule has 0 aliphatic heterocycles. The van der Waals surface area contributed by atoms with Crippen LogP contribution in [0.15, 0.2) is 146 Å². The lowest BCUT2D eigenvalue weighted by molar-refractivity contribution is -0.385. The molecule has 0 N–H and O–H groups in total. The SMILES string of the molecule is O=C(CCC(=O)OC1C(OC(=O)CCC(=O)OC(=O)Oc2ccc([N+](=O)[O-])cc2)C(OC(=O)CCC(=O)OC(=O)Oc2ccc([N+](=O)[O-])cc2)C(OC(=O)CCC(=O)OC(=O)Oc2ccc([N+](=O)[O-])cc2)C(OC(=O)CCC(=O)OC(=O)Oc2ccc([N+](=O)[O-])cc2)C1OC(=O)CCC(=O)OC(=O)Oc1ccc([N+](=O)[O-])cc1)OC(=O)Oc1ccc([N+](=O)[O-])cc1. The minimum Gasteiger partial charge on any atom is -0.454 e. The number of rotatable bonds is 36. The van der Waals surface area contributed by atoms with Gasteiger partial charge in [-0.05, 0) is 72.8 Å². The minimum absolute atomic E-state index is 0.477. The van der Waals surface area contributed by atoms with Crippen LogP contribution in [0.1, 0.15) is 77.0 Å². The number of non-ortho nitro benzene ring substituents is 6. The smallest absolute Gasteiger partial charge is 0.454 e. The zero-order valence-electron chi connectivity index (χ0n) is 63.1. The first-order valence-electron chi connectivity index (χ1n) is 34.9. The molecule has 7 rings (SSSR count). The molecule has 0 aromatic heterocycles. The van der Waals surface area contributed by atoms with Crippen LogP contribution >= 0.6 is 0 Å². The molecule has 0 radical (unpaired) electrons. The van der Waals surface area contributed by atoms with Crippen LogP contribution in [0.25, 0.3) is 0 Å². The van der Waals surface area contributed by atoms with Crippen molar-refractivity contribution in [2.45, 2.75) is 114 Å². The summed E-state index contributed by atoms with van der Waals surface area (Å²) in [6.45, 7) is 0. The highest BCUT2D eigenvalue weighted by molar-refractivity contribution is 5.90. The van der Waals surface area contributed by atoms with Crippen LogP contribution in [0.4, 0.5) is 62.9 Å². The van der Waals surface area contributed by atoms with E-state index in [0.717, 1.165) is 146 Å². The number of nitrogens with zero attached hydrogens (tertiary/aromatic N) is 6. The summed E-state index contributed by atoms with van der Waals surface area (Å²) in [6.07, 6.45) is -46.0. The van der Waals surface area contributed by atoms with Gasteiger partial charge in [0.1, 0.15) is 34.5 Å². The van der Waals surface area contributed by atoms with Crippen molar-refractivity contribution in [1.29, 1.82) is 0 Å². The van der Waals surface area contributed by atoms with E-state index in [1.807, 2.05) is 0 Å². The Morgan fingerprint density at radius 2 is 0.286 bits per heavy atom. The Labute approximate surface area is 696 Å². The van der Waals surface area contributed by atoms with E-state index in [-0.39, 0.29) is 0 Å². The van der Waals surface area contributed by atoms with Crippen molar-refractivity contribution in [2.24, 2.45) is 0 Å². The lowest BCUT2D eigenvalue weighted by Crippen LogP contribution is -2.69. The highest BCUT2D eigenvalue weighted by Crippen LogP contribution is 2.37. The molecule has 126 heavy (non-hydrogen) atoms. The van der Waals surface area contributed by atoms with Crippen molar-refractivity contribution in [1.82, 2.24) is 0 Å². The van der Waals surface area contributed by atoms with Crippen LogP contribution < -0.4 is 28.4 Å². The Morgan fingerprint density at radius 3 is 0.389 bits per heavy atom. The molecule has 1 fully saturated rings. The molecule has 0 amide bonds. The van der Waals surface area contributed by atoms with Crippen molar-refractivity contribution < 1.29 is 201 Å². The normalized spacial score (nSPS) is 14.6. The van der Waals surface area contributed by atoms with Crippen molar-refractivity contribution in [3.05, 3.63) is 206 Å². The Kier molecular flexibility index (Phi) is 34.8. The standard InChI is InChI=1S/C72H54N6O48/c79-49(25-31-55(85)121-67(91)109-43-13-1-37(2-14-43)73(97)98)115-61-62(116-50(80)26-32-56(86)122-68(92)110-44-15-3-38(4-16-44)74(99)100)64(118-52(82)28-34-58(88)124-70(94)112-46-19-7-40(8-20-46)76(103)104)66(120-54(84)30-36-60(90)126-72(96)114-48-23-11-42(12-24-48)78(107)108)65(119-53(83)29-35-59(89)125-71(95)113-47-21-9-41(10-22-47)77(105)106)63(61)117-51(81)27-33-57(87)123-69(93)111-45-17-5-39(6-18-45)75(101)102/h1-24,61-66H,25-36H2. The molecule has 54 nitrogen and oxygen atoms in total. The number of benzene rings is 6. The van der Waals surface area contributed by atoms with Gasteiger partial charge in [0.15, 0.2) is 36.6 Å². The van der Waals surface area contributed by atoms with Gasteiger partial charge in [-0.3, -0.25) is 118 Å². The summed E-state index contributed by atoms with van der Waals surface area (Å²) in [7, 11) is 0. The lowest BCUT2D eigenvalue weighted by Gasteiger charge is -2.47. The summed E-state index contributed by atoms with van der Waals surface area (Å²) in [5, 5.41) is 67.2. The molecule has 6 aromatic rings. The first-order chi connectivity index (χ1) is 59.7. The molecule has 0 bridgehead atoms. The summed E-state index contributed by atoms with van der Waals surface area (Å²) in [4.78, 5) is 305. The van der Waals surface area contributed by atoms with Crippen molar-refractivity contribution in [2.75, 3.05) is 0 Å². The largest absolute Gasteiger partial charge is 0.521 e. The third kappa shape index (κ3) is 31.8. The topological polar surface area (TPSA) is 732 Å². The summed E-state index contributed by atoms with van der Waals surface area (Å²) in [6, 6.07) is 20.6. The Balaban J connectivity index is 1.31. The van der Waals surface area contributed by atoms with Gasteiger partial charge in [0.25, 0.3) is 34.1 Å². The third-order valence-corrected chi connectivity index (χ3v) is 15.4. The first kappa shape index (κ1) is 95.3. The molecule has 0 heterocycles. The van der Waals surface area contributed by atoms with Crippen LogP contribution in [-0.2, 0) is 114 Å². The van der Waals surface area contributed by atoms with Crippen LogP contribution in [0.2, 0.25) is 0 Å². The van der Waals surface area contributed by atoms with E-state index in [4.69, 9.17) is 56.8 Å². The summed E-state index contributed by atoms with van der Waals surface area (Å²) in [5.41, 5.74) is -3.06. The van der Waals surface area contributed by atoms with Gasteiger partial charge >= 0.3 is 109 Å². The molecule has 660 valence electrons. The summed E-state index contributed by atoms with van der Waals surface area (Å²) in [5.74, 6) is -24.5. The Hall–Kier alpha value is -17.8. The Morgan fingerprint density at radius 1 is 0.183 bits per heavy atom. The van der Waals surface area contributed by atoms with Crippen molar-refractivity contribution in [3.8, 4) is 34.5 Å². The maximum atomic E-state index is 14.5. The maximum absolute atomic E-state index is 14.5. The Bertz CT molecular complexity index is 4380. The van der Waals surface area contributed by atoms with Gasteiger partial charge in [-0.1, -0.05) is 0 Å². The van der Waals surface area contributed by atoms with Gasteiger partial charge in [0.05, 0.1) is 107 Å². The monoisotopic (exact) mass is 1770 g/mol. The van der Waals surface area contributed by atoms with Crippen LogP contribution in [-0.4, -0.2) is 175 Å². The second kappa shape index (κ2) is 45.9. The molecule has 6 aromatic carbocycles. The van der Waals surface area contributed by atoms with Crippen LogP contribution in [0.5, 0.6) is 34.5 Å². The predicted molar refractivity (Wildman–Crippen MR) is 386 cm³/mol. The van der Waals surface area contributed by atoms with E-state index >= 15 is 0 Å². The number of ether oxygens (including phenoxy) is 18. The number of carbonyl (C=O) groups excluding carboxylic acids is 18. The lowest BCUT2D eigenvalue weighted by atomic mass is 9.83. The number of hydrogen-bond acceptors (Lipinski definition) is 48. The molecule has 1 aliphatic rings. The fraction of sp³-hybridized carbons (Fsp3) is 0.250. The first-order valence-corrected chi connectivity index (χ1v) is 34.9. The molecule has 0 saturated heterocycles. The van der Waals surface area contributed by atoms with E-state index in [1.54, 1.807) is 0 Å². The summed E-state index contributed by atoms with van der Waals surface area (Å²) < 4.78 is 90.1. The fourth-order valence-corrected chi connectivity index (χ4v) is 9.80. The van der Waals surface area contributed by atoms with Gasteiger partial charge in [-0.2, -0.15) is 0 Å². The molecule has 0 atom stereocenters. The van der Waals surface area contributed by atoms with E-state index in [2.05, 4.69) is 28.4 Å². The number of nitro groups is 6. The predicted octanol–water partition coefficient (Wildman–Crippen LogP) is 8.05. The molecular formula is C72H54N6O48. The molecule has 0 unspecified atom stereocenters. The van der Waals surface area contributed by atoms with E-state index in [0.29, 0.717) is 0 Å². The minimum atomic E-state index is -3.03. The maximum Gasteiger partial charge on any atom is 0.521 e. The fourth-order valence-electron chi connectivity index (χ4n) is 9.80. The zero-order chi connectivity index (χ0) is 92.4. The van der Waals surface area contributed by atoms with Crippen LogP contribution in [0, 0.1) is 60.7 Å². The average molecular weight is 1770 g/mol. The molecule has 54 heteroatoms. The van der Waals surface area contributed by atoms with E-state index < -0.39 is 320 Å². The van der Waals surface area contributed by atoms with Gasteiger partial charge in [0, 0.05) is 72.8 Å². The number of carbonyl (C=O) groups is 18. The zero-order valence-corrected chi connectivity index (χ0v) is 63.1. The van der Waals surface area contributed by atoms with Gasteiger partial charge in [-0.25, -0.2) is 28.8 Å². The second-order valence-corrected chi connectivity index (χ2v) is 24.2. The number of esters is 12. The van der Waals surface area contributed by atoms with Gasteiger partial charge < -0.3 is 85.3 Å². The quantitative estimate of drug-likeness (QED) is 0.00895. The van der Waals surface area contributed by atoms with Gasteiger partial charge in [-0.15, -0.1) is 0 Å². The van der Waals surface area contributed by atoms with Gasteiger partial charge in [0.2, 0.25) is 0 Å². The van der Waals surface area contributed by atoms with E-state index in [1.165, 1.54) is 0 Å². The highest BCUT2D eigenvalue weighted by atomic mass is 16.8. The molecule has 1 aliphatic carbocycles. The molecular weight excluding hydrogens is 1720 g/mol. The number of hydrogen-bond donors (Lipinski definition) is 0. The third-order valence-electron chi connectivity index (χ3n) is 15.4. The van der Waals surface area contributed by atoms with Crippen molar-refractivity contribution in [3.63, 3.8) is 0 Å². The summed E-state index contributed by atoms with van der Waals surface area (Å²) >= 11 is 0. The molecule has 0 spiro atoms. The average Bonchev–Trinajstić information content (AvgIpc) is 0.753. The van der Waals surface area contributed by atoms with Crippen molar-refractivity contribution >= 4 is 143 Å². The van der Waals surface area contributed by atoms with Crippen LogP contribution in [0.3, 0.4) is 0 Å². The highest BCUT2D eigenvalue weighted by Gasteiger charge is 2.61. The number of nitro benzene ring substituents is 6.